The Morgan fingerprint density at radius 2 is 1.34 bits per heavy atom. The van der Waals surface area contributed by atoms with Crippen LogP contribution in [0.5, 0.6) is 0 Å². The predicted octanol–water partition coefficient (Wildman–Crippen LogP) is 6.72. The highest BCUT2D eigenvalue weighted by atomic mass is 16.5. The van der Waals surface area contributed by atoms with Crippen molar-refractivity contribution in [1.82, 2.24) is 0 Å². The smallest absolute Gasteiger partial charge is 0.339 e. The predicted molar refractivity (Wildman–Crippen MR) is 116 cm³/mol. The number of benzene rings is 1. The minimum Gasteiger partial charge on any atom is -0.462 e. The van der Waals surface area contributed by atoms with Gasteiger partial charge in [0.2, 0.25) is 0 Å². The van der Waals surface area contributed by atoms with Crippen LogP contribution in [-0.4, -0.2) is 25.2 Å². The SMILES string of the molecule is CCCCCCCCCCOC(=O)c1ccccc1C(=O)OCC1CCCCC1. The van der Waals surface area contributed by atoms with Crippen molar-refractivity contribution in [3.05, 3.63) is 35.4 Å². The maximum Gasteiger partial charge on any atom is 0.339 e. The van der Waals surface area contributed by atoms with E-state index < -0.39 is 11.9 Å². The molecule has 1 fully saturated rings. The minimum atomic E-state index is -0.432. The number of hydrogen-bond acceptors (Lipinski definition) is 4. The van der Waals surface area contributed by atoms with E-state index in [1.165, 1.54) is 57.8 Å². The van der Waals surface area contributed by atoms with Gasteiger partial charge < -0.3 is 9.47 Å². The van der Waals surface area contributed by atoms with Gasteiger partial charge in [-0.2, -0.15) is 0 Å². The lowest BCUT2D eigenvalue weighted by Gasteiger charge is -2.21. The van der Waals surface area contributed by atoms with E-state index in [0.29, 0.717) is 30.3 Å². The van der Waals surface area contributed by atoms with Gasteiger partial charge in [0, 0.05) is 0 Å². The molecular formula is C25H38O4. The standard InChI is InChI=1S/C25H38O4/c1-2-3-4-5-6-7-8-14-19-28-24(26)22-17-12-13-18-23(22)25(27)29-20-21-15-10-9-11-16-21/h12-13,17-18,21H,2-11,14-16,19-20H2,1H3. The quantitative estimate of drug-likeness (QED) is 0.271. The monoisotopic (exact) mass is 402 g/mol. The van der Waals surface area contributed by atoms with Crippen LogP contribution in [0, 0.1) is 5.92 Å². The first kappa shape index (κ1) is 23.4. The lowest BCUT2D eigenvalue weighted by atomic mass is 9.90. The van der Waals surface area contributed by atoms with Gasteiger partial charge in [0.1, 0.15) is 0 Å². The van der Waals surface area contributed by atoms with Crippen molar-refractivity contribution in [3.8, 4) is 0 Å². The molecule has 162 valence electrons. The molecule has 0 N–H and O–H groups in total. The highest BCUT2D eigenvalue weighted by Crippen LogP contribution is 2.24. The van der Waals surface area contributed by atoms with Crippen molar-refractivity contribution >= 4 is 11.9 Å². The zero-order valence-electron chi connectivity index (χ0n) is 18.1. The molecule has 1 aliphatic rings. The van der Waals surface area contributed by atoms with Crippen LogP contribution in [0.1, 0.15) is 111 Å². The van der Waals surface area contributed by atoms with E-state index >= 15 is 0 Å². The van der Waals surface area contributed by atoms with Gasteiger partial charge in [0.05, 0.1) is 24.3 Å². The second kappa shape index (κ2) is 14.2. The Morgan fingerprint density at radius 3 is 1.97 bits per heavy atom. The van der Waals surface area contributed by atoms with E-state index in [2.05, 4.69) is 6.92 Å². The zero-order valence-corrected chi connectivity index (χ0v) is 18.1. The van der Waals surface area contributed by atoms with Crippen LogP contribution >= 0.6 is 0 Å². The molecule has 0 aliphatic heterocycles. The Bertz CT molecular complexity index is 605. The molecule has 0 bridgehead atoms. The molecule has 0 aromatic heterocycles. The zero-order chi connectivity index (χ0) is 20.7. The summed E-state index contributed by atoms with van der Waals surface area (Å²) in [5, 5.41) is 0. The van der Waals surface area contributed by atoms with Crippen LogP contribution in [0.4, 0.5) is 0 Å². The van der Waals surface area contributed by atoms with E-state index in [1.54, 1.807) is 24.3 Å². The summed E-state index contributed by atoms with van der Waals surface area (Å²) in [6.07, 6.45) is 15.5. The maximum absolute atomic E-state index is 12.5. The van der Waals surface area contributed by atoms with Crippen LogP contribution in [0.2, 0.25) is 0 Å². The third-order valence-electron chi connectivity index (χ3n) is 5.77. The van der Waals surface area contributed by atoms with Crippen molar-refractivity contribution in [2.45, 2.75) is 90.4 Å². The third kappa shape index (κ3) is 9.01. The molecule has 1 aliphatic carbocycles. The molecule has 1 aromatic rings. The average Bonchev–Trinajstić information content (AvgIpc) is 2.77. The van der Waals surface area contributed by atoms with E-state index in [4.69, 9.17) is 9.47 Å². The lowest BCUT2D eigenvalue weighted by molar-refractivity contribution is 0.0390. The highest BCUT2D eigenvalue weighted by Gasteiger charge is 2.21. The molecule has 29 heavy (non-hydrogen) atoms. The molecular weight excluding hydrogens is 364 g/mol. The van der Waals surface area contributed by atoms with Gasteiger partial charge in [-0.15, -0.1) is 0 Å². The van der Waals surface area contributed by atoms with Gasteiger partial charge in [-0.05, 0) is 37.3 Å². The summed E-state index contributed by atoms with van der Waals surface area (Å²) in [5.41, 5.74) is 0.616. The number of esters is 2. The molecule has 0 radical (unpaired) electrons. The van der Waals surface area contributed by atoms with Crippen LogP contribution in [0.3, 0.4) is 0 Å². The Labute approximate surface area is 176 Å². The second-order valence-corrected chi connectivity index (χ2v) is 8.26. The van der Waals surface area contributed by atoms with Gasteiger partial charge in [0.15, 0.2) is 0 Å². The Morgan fingerprint density at radius 1 is 0.793 bits per heavy atom. The van der Waals surface area contributed by atoms with E-state index in [0.717, 1.165) is 25.7 Å². The van der Waals surface area contributed by atoms with Crippen molar-refractivity contribution in [3.63, 3.8) is 0 Å². The first-order chi connectivity index (χ1) is 14.2. The topological polar surface area (TPSA) is 52.6 Å². The van der Waals surface area contributed by atoms with Crippen molar-refractivity contribution in [2.24, 2.45) is 5.92 Å². The Balaban J connectivity index is 1.71. The normalized spacial score (nSPS) is 14.5. The van der Waals surface area contributed by atoms with Crippen LogP contribution in [-0.2, 0) is 9.47 Å². The molecule has 0 saturated heterocycles. The highest BCUT2D eigenvalue weighted by molar-refractivity contribution is 6.03. The fourth-order valence-corrected chi connectivity index (χ4v) is 3.94. The lowest BCUT2D eigenvalue weighted by Crippen LogP contribution is -2.19. The average molecular weight is 403 g/mol. The second-order valence-electron chi connectivity index (χ2n) is 8.26. The Kier molecular flexibility index (Phi) is 11.5. The van der Waals surface area contributed by atoms with Crippen molar-refractivity contribution in [2.75, 3.05) is 13.2 Å². The van der Waals surface area contributed by atoms with Gasteiger partial charge in [-0.3, -0.25) is 0 Å². The summed E-state index contributed by atoms with van der Waals surface area (Å²) in [6.45, 7) is 3.07. The molecule has 4 heteroatoms. The van der Waals surface area contributed by atoms with Gasteiger partial charge in [-0.25, -0.2) is 9.59 Å². The van der Waals surface area contributed by atoms with Gasteiger partial charge in [-0.1, -0.05) is 83.3 Å². The van der Waals surface area contributed by atoms with Gasteiger partial charge in [0.25, 0.3) is 0 Å². The molecule has 4 nitrogen and oxygen atoms in total. The van der Waals surface area contributed by atoms with Crippen LogP contribution in [0.25, 0.3) is 0 Å². The summed E-state index contributed by atoms with van der Waals surface area (Å²) < 4.78 is 10.9. The van der Waals surface area contributed by atoms with Crippen LogP contribution in [0.15, 0.2) is 24.3 Å². The number of carbonyl (C=O) groups is 2. The summed E-state index contributed by atoms with van der Waals surface area (Å²) in [6, 6.07) is 6.81. The third-order valence-corrected chi connectivity index (χ3v) is 5.77. The first-order valence-electron chi connectivity index (χ1n) is 11.7. The fourth-order valence-electron chi connectivity index (χ4n) is 3.94. The molecule has 0 unspecified atom stereocenters. The summed E-state index contributed by atoms with van der Waals surface area (Å²) >= 11 is 0. The molecule has 0 atom stereocenters. The van der Waals surface area contributed by atoms with E-state index in [9.17, 15) is 9.59 Å². The summed E-state index contributed by atoms with van der Waals surface area (Å²) in [7, 11) is 0. The minimum absolute atomic E-state index is 0.306. The summed E-state index contributed by atoms with van der Waals surface area (Å²) in [4.78, 5) is 25.0. The number of rotatable bonds is 13. The van der Waals surface area contributed by atoms with E-state index in [-0.39, 0.29) is 0 Å². The number of ether oxygens (including phenoxy) is 2. The van der Waals surface area contributed by atoms with Crippen molar-refractivity contribution in [1.29, 1.82) is 0 Å². The van der Waals surface area contributed by atoms with Gasteiger partial charge >= 0.3 is 11.9 Å². The number of hydrogen-bond donors (Lipinski definition) is 0. The molecule has 1 saturated carbocycles. The van der Waals surface area contributed by atoms with Crippen molar-refractivity contribution < 1.29 is 19.1 Å². The molecule has 0 spiro atoms. The number of unbranched alkanes of at least 4 members (excludes halogenated alkanes) is 7. The molecule has 0 amide bonds. The molecule has 0 heterocycles. The molecule has 1 aromatic carbocycles. The first-order valence-corrected chi connectivity index (χ1v) is 11.7. The fraction of sp³-hybridized carbons (Fsp3) is 0.680. The maximum atomic E-state index is 12.5. The van der Waals surface area contributed by atoms with E-state index in [1.807, 2.05) is 0 Å². The number of carbonyl (C=O) groups excluding carboxylic acids is 2. The summed E-state index contributed by atoms with van der Waals surface area (Å²) in [5.74, 6) is -0.401. The Hall–Kier alpha value is -1.84. The van der Waals surface area contributed by atoms with Crippen LogP contribution < -0.4 is 0 Å². The largest absolute Gasteiger partial charge is 0.462 e. The molecule has 2 rings (SSSR count).